The molecule has 1 saturated heterocycles. The van der Waals surface area contributed by atoms with Crippen molar-refractivity contribution < 1.29 is 23.6 Å². The molecule has 2 aromatic heterocycles. The number of aromatic nitrogens is 3. The average molecular weight is 451 g/mol. The number of hydrogen-bond donors (Lipinski definition) is 0. The van der Waals surface area contributed by atoms with Gasteiger partial charge in [-0.3, -0.25) is 9.48 Å². The molecule has 1 spiro atoms. The van der Waals surface area contributed by atoms with Crippen molar-refractivity contribution in [3.8, 4) is 11.5 Å². The summed E-state index contributed by atoms with van der Waals surface area (Å²) in [5.41, 5.74) is 2.25. The molecule has 2 fully saturated rings. The minimum absolute atomic E-state index is 0.204. The normalized spacial score (nSPS) is 16.7. The summed E-state index contributed by atoms with van der Waals surface area (Å²) in [5, 5.41) is 8.32. The van der Waals surface area contributed by atoms with Crippen molar-refractivity contribution in [1.29, 1.82) is 0 Å². The predicted octanol–water partition coefficient (Wildman–Crippen LogP) is 3.05. The highest BCUT2D eigenvalue weighted by atomic mass is 16.5. The molecule has 0 atom stereocenters. The standard InChI is InChI=1S/C23H25N5O5/c1-14-18(15(2)33-25-14)13-26-12-17(10-24-26)28-21(29)23(7-8-23)27(22(28)30)11-16-5-6-19(31-3)20(9-16)32-4/h5-6,9-10,12H,7-8,11,13H2,1-4H3. The number of rotatable bonds is 7. The Morgan fingerprint density at radius 1 is 1.09 bits per heavy atom. The molecule has 5 rings (SSSR count). The second-order valence-corrected chi connectivity index (χ2v) is 8.43. The summed E-state index contributed by atoms with van der Waals surface area (Å²) < 4.78 is 17.6. The number of imide groups is 1. The fourth-order valence-electron chi connectivity index (χ4n) is 4.37. The molecule has 0 unspecified atom stereocenters. The van der Waals surface area contributed by atoms with E-state index in [-0.39, 0.29) is 11.9 Å². The quantitative estimate of drug-likeness (QED) is 0.509. The number of benzene rings is 1. The average Bonchev–Trinajstić information content (AvgIpc) is 3.34. The van der Waals surface area contributed by atoms with E-state index in [2.05, 4.69) is 10.3 Å². The summed E-state index contributed by atoms with van der Waals surface area (Å²) in [6.45, 7) is 4.45. The number of aryl methyl sites for hydroxylation is 2. The number of urea groups is 1. The summed E-state index contributed by atoms with van der Waals surface area (Å²) in [6, 6.07) is 5.16. The summed E-state index contributed by atoms with van der Waals surface area (Å²) in [4.78, 5) is 29.6. The molecular formula is C23H25N5O5. The van der Waals surface area contributed by atoms with Gasteiger partial charge in [-0.05, 0) is 44.4 Å². The first-order valence-electron chi connectivity index (χ1n) is 10.7. The Kier molecular flexibility index (Phi) is 4.88. The van der Waals surface area contributed by atoms with Crippen LogP contribution in [0, 0.1) is 13.8 Å². The van der Waals surface area contributed by atoms with Crippen LogP contribution in [0.15, 0.2) is 35.1 Å². The van der Waals surface area contributed by atoms with Gasteiger partial charge in [-0.2, -0.15) is 5.10 Å². The fourth-order valence-corrected chi connectivity index (χ4v) is 4.37. The summed E-state index contributed by atoms with van der Waals surface area (Å²) >= 11 is 0. The molecule has 3 aromatic rings. The fraction of sp³-hybridized carbons (Fsp3) is 0.391. The highest BCUT2D eigenvalue weighted by Crippen LogP contribution is 2.49. The number of nitrogens with zero attached hydrogens (tertiary/aromatic N) is 5. The van der Waals surface area contributed by atoms with E-state index in [9.17, 15) is 9.59 Å². The van der Waals surface area contributed by atoms with Gasteiger partial charge >= 0.3 is 6.03 Å². The van der Waals surface area contributed by atoms with Crippen molar-refractivity contribution in [2.24, 2.45) is 0 Å². The topological polar surface area (TPSA) is 103 Å². The zero-order valence-electron chi connectivity index (χ0n) is 19.0. The van der Waals surface area contributed by atoms with E-state index < -0.39 is 5.54 Å². The van der Waals surface area contributed by atoms with Crippen molar-refractivity contribution >= 4 is 17.6 Å². The van der Waals surface area contributed by atoms with Crippen LogP contribution < -0.4 is 14.4 Å². The number of amides is 3. The summed E-state index contributed by atoms with van der Waals surface area (Å²) in [5.74, 6) is 1.70. The van der Waals surface area contributed by atoms with E-state index in [1.54, 1.807) is 42.3 Å². The highest BCUT2D eigenvalue weighted by Gasteiger charge is 2.65. The molecule has 0 radical (unpaired) electrons. The van der Waals surface area contributed by atoms with Gasteiger partial charge in [-0.1, -0.05) is 11.2 Å². The molecule has 1 saturated carbocycles. The van der Waals surface area contributed by atoms with Gasteiger partial charge in [-0.25, -0.2) is 9.69 Å². The van der Waals surface area contributed by atoms with Crippen LogP contribution in [0.4, 0.5) is 10.5 Å². The summed E-state index contributed by atoms with van der Waals surface area (Å²) in [7, 11) is 3.14. The first-order chi connectivity index (χ1) is 15.9. The number of ether oxygens (including phenoxy) is 2. The molecule has 1 aliphatic carbocycles. The third-order valence-corrected chi connectivity index (χ3v) is 6.43. The molecule has 0 bridgehead atoms. The van der Waals surface area contributed by atoms with E-state index in [4.69, 9.17) is 14.0 Å². The Morgan fingerprint density at radius 3 is 2.48 bits per heavy atom. The number of methoxy groups -OCH3 is 2. The minimum Gasteiger partial charge on any atom is -0.493 e. The second-order valence-electron chi connectivity index (χ2n) is 8.43. The maximum Gasteiger partial charge on any atom is 0.332 e. The number of carbonyl (C=O) groups excluding carboxylic acids is 2. The van der Waals surface area contributed by atoms with Crippen LogP contribution >= 0.6 is 0 Å². The van der Waals surface area contributed by atoms with E-state index >= 15 is 0 Å². The van der Waals surface area contributed by atoms with Gasteiger partial charge in [0.25, 0.3) is 5.91 Å². The van der Waals surface area contributed by atoms with Gasteiger partial charge in [0.1, 0.15) is 11.3 Å². The molecule has 10 nitrogen and oxygen atoms in total. The third kappa shape index (κ3) is 3.33. The lowest BCUT2D eigenvalue weighted by atomic mass is 10.1. The SMILES string of the molecule is COc1ccc(CN2C(=O)N(c3cnn(Cc4c(C)noc4C)c3)C(=O)C23CC3)cc1OC. The lowest BCUT2D eigenvalue weighted by molar-refractivity contribution is -0.120. The number of carbonyl (C=O) groups is 2. The monoisotopic (exact) mass is 451 g/mol. The number of anilines is 1. The summed E-state index contributed by atoms with van der Waals surface area (Å²) in [6.07, 6.45) is 4.55. The van der Waals surface area contributed by atoms with Crippen molar-refractivity contribution in [1.82, 2.24) is 19.8 Å². The Balaban J connectivity index is 1.39. The van der Waals surface area contributed by atoms with E-state index in [0.29, 0.717) is 43.1 Å². The van der Waals surface area contributed by atoms with Crippen molar-refractivity contribution in [3.63, 3.8) is 0 Å². The van der Waals surface area contributed by atoms with E-state index in [1.165, 1.54) is 4.90 Å². The zero-order chi connectivity index (χ0) is 23.3. The Morgan fingerprint density at radius 2 is 1.85 bits per heavy atom. The van der Waals surface area contributed by atoms with Crippen LogP contribution in [0.2, 0.25) is 0 Å². The van der Waals surface area contributed by atoms with Crippen LogP contribution in [0.25, 0.3) is 0 Å². The maximum atomic E-state index is 13.4. The number of hydrogen-bond acceptors (Lipinski definition) is 7. The molecular weight excluding hydrogens is 426 g/mol. The largest absolute Gasteiger partial charge is 0.493 e. The van der Waals surface area contributed by atoms with Crippen molar-refractivity contribution in [2.45, 2.75) is 45.3 Å². The highest BCUT2D eigenvalue weighted by molar-refractivity contribution is 6.24. The predicted molar refractivity (Wildman–Crippen MR) is 117 cm³/mol. The third-order valence-electron chi connectivity index (χ3n) is 6.43. The Hall–Kier alpha value is -3.82. The molecule has 3 heterocycles. The van der Waals surface area contributed by atoms with Gasteiger partial charge in [0, 0.05) is 18.3 Å². The lowest BCUT2D eigenvalue weighted by Gasteiger charge is -2.21. The molecule has 3 amide bonds. The zero-order valence-corrected chi connectivity index (χ0v) is 19.0. The van der Waals surface area contributed by atoms with E-state index in [1.807, 2.05) is 26.0 Å². The van der Waals surface area contributed by atoms with Crippen LogP contribution in [0.3, 0.4) is 0 Å². The second kappa shape index (κ2) is 7.65. The van der Waals surface area contributed by atoms with Gasteiger partial charge in [0.15, 0.2) is 11.5 Å². The van der Waals surface area contributed by atoms with E-state index in [0.717, 1.165) is 22.6 Å². The molecule has 33 heavy (non-hydrogen) atoms. The van der Waals surface area contributed by atoms with Crippen LogP contribution in [0.5, 0.6) is 11.5 Å². The van der Waals surface area contributed by atoms with Crippen molar-refractivity contribution in [2.75, 3.05) is 19.1 Å². The maximum absolute atomic E-state index is 13.4. The molecule has 0 N–H and O–H groups in total. The van der Waals surface area contributed by atoms with Crippen molar-refractivity contribution in [3.05, 3.63) is 53.2 Å². The first kappa shape index (κ1) is 21.0. The molecule has 172 valence electrons. The van der Waals surface area contributed by atoms with Crippen LogP contribution in [-0.4, -0.2) is 51.5 Å². The van der Waals surface area contributed by atoms with Gasteiger partial charge in [0.2, 0.25) is 0 Å². The Bertz CT molecular complexity index is 1220. The molecule has 2 aliphatic rings. The molecule has 1 aromatic carbocycles. The first-order valence-corrected chi connectivity index (χ1v) is 10.7. The van der Waals surface area contributed by atoms with Crippen LogP contribution in [-0.2, 0) is 17.9 Å². The van der Waals surface area contributed by atoms with Gasteiger partial charge in [-0.15, -0.1) is 0 Å². The molecule has 1 aliphatic heterocycles. The smallest absolute Gasteiger partial charge is 0.332 e. The van der Waals surface area contributed by atoms with Gasteiger partial charge < -0.3 is 18.9 Å². The van der Waals surface area contributed by atoms with Crippen LogP contribution in [0.1, 0.15) is 35.4 Å². The minimum atomic E-state index is -0.784. The Labute approximate surface area is 190 Å². The lowest BCUT2D eigenvalue weighted by Crippen LogP contribution is -2.36. The van der Waals surface area contributed by atoms with Gasteiger partial charge in [0.05, 0.1) is 38.3 Å². The molecule has 10 heteroatoms.